The van der Waals surface area contributed by atoms with E-state index in [0.717, 1.165) is 0 Å². The van der Waals surface area contributed by atoms with Crippen LogP contribution >= 0.6 is 11.3 Å². The maximum Gasteiger partial charge on any atom is 0.268 e. The maximum atomic E-state index is 12.5. The summed E-state index contributed by atoms with van der Waals surface area (Å²) in [5, 5.41) is 4.72. The van der Waals surface area contributed by atoms with Crippen LogP contribution in [-0.4, -0.2) is 38.6 Å². The zero-order chi connectivity index (χ0) is 16.8. The van der Waals surface area contributed by atoms with Gasteiger partial charge in [-0.2, -0.15) is 0 Å². The number of ether oxygens (including phenoxy) is 1. The summed E-state index contributed by atoms with van der Waals surface area (Å²) in [6.45, 7) is 2.29. The molecule has 1 N–H and O–H groups in total. The Morgan fingerprint density at radius 2 is 2.00 bits per heavy atom. The highest BCUT2D eigenvalue weighted by Gasteiger charge is 2.20. The number of methoxy groups -OCH3 is 1. The highest BCUT2D eigenvalue weighted by molar-refractivity contribution is 7.12. The van der Waals surface area contributed by atoms with E-state index in [0.29, 0.717) is 22.7 Å². The molecule has 122 valence electrons. The number of hydrogen-bond acceptors (Lipinski definition) is 4. The molecule has 23 heavy (non-hydrogen) atoms. The lowest BCUT2D eigenvalue weighted by Crippen LogP contribution is -2.37. The second-order valence-corrected chi connectivity index (χ2v) is 6.14. The standard InChI is InChI=1S/C17H20N2O3S/c1-12(11-22-3)18-16(20)13-7-4-5-8-14(13)19(2)17(21)15-9-6-10-23-15/h4-10,12H,11H2,1-3H3,(H,18,20)/t12-/m1/s1. The minimum atomic E-state index is -0.226. The van der Waals surface area contributed by atoms with Gasteiger partial charge in [-0.15, -0.1) is 11.3 Å². The number of hydrogen-bond donors (Lipinski definition) is 1. The van der Waals surface area contributed by atoms with Gasteiger partial charge in [-0.25, -0.2) is 0 Å². The first kappa shape index (κ1) is 17.2. The van der Waals surface area contributed by atoms with Crippen LogP contribution in [0.5, 0.6) is 0 Å². The second-order valence-electron chi connectivity index (χ2n) is 5.19. The van der Waals surface area contributed by atoms with Crippen molar-refractivity contribution < 1.29 is 14.3 Å². The Bertz CT molecular complexity index is 670. The van der Waals surface area contributed by atoms with Gasteiger partial charge in [0.15, 0.2) is 0 Å². The summed E-state index contributed by atoms with van der Waals surface area (Å²) >= 11 is 1.38. The smallest absolute Gasteiger partial charge is 0.268 e. The summed E-state index contributed by atoms with van der Waals surface area (Å²) < 4.78 is 5.03. The molecular formula is C17H20N2O3S. The van der Waals surface area contributed by atoms with Gasteiger partial charge in [0.25, 0.3) is 11.8 Å². The van der Waals surface area contributed by atoms with Crippen LogP contribution in [-0.2, 0) is 4.74 Å². The summed E-state index contributed by atoms with van der Waals surface area (Å²) in [5.74, 6) is -0.360. The lowest BCUT2D eigenvalue weighted by atomic mass is 10.1. The Morgan fingerprint density at radius 3 is 2.65 bits per heavy atom. The van der Waals surface area contributed by atoms with E-state index in [1.54, 1.807) is 38.4 Å². The topological polar surface area (TPSA) is 58.6 Å². The van der Waals surface area contributed by atoms with Crippen molar-refractivity contribution in [2.75, 3.05) is 25.7 Å². The molecule has 2 rings (SSSR count). The fourth-order valence-electron chi connectivity index (χ4n) is 2.23. The molecule has 1 heterocycles. The van der Waals surface area contributed by atoms with Gasteiger partial charge in [-0.1, -0.05) is 18.2 Å². The average molecular weight is 332 g/mol. The van der Waals surface area contributed by atoms with Gasteiger partial charge in [-0.05, 0) is 30.5 Å². The molecule has 6 heteroatoms. The van der Waals surface area contributed by atoms with E-state index in [1.165, 1.54) is 16.2 Å². The SMILES string of the molecule is COC[C@@H](C)NC(=O)c1ccccc1N(C)C(=O)c1cccs1. The number of benzene rings is 1. The van der Waals surface area contributed by atoms with Crippen LogP contribution in [0.15, 0.2) is 41.8 Å². The Hall–Kier alpha value is -2.18. The molecular weight excluding hydrogens is 312 g/mol. The van der Waals surface area contributed by atoms with E-state index in [1.807, 2.05) is 24.4 Å². The predicted molar refractivity (Wildman–Crippen MR) is 92.3 cm³/mol. The van der Waals surface area contributed by atoms with Gasteiger partial charge in [-0.3, -0.25) is 9.59 Å². The minimum absolute atomic E-state index is 0.112. The molecule has 5 nitrogen and oxygen atoms in total. The van der Waals surface area contributed by atoms with Crippen LogP contribution in [0.4, 0.5) is 5.69 Å². The maximum absolute atomic E-state index is 12.5. The summed E-state index contributed by atoms with van der Waals surface area (Å²) in [6.07, 6.45) is 0. The first-order chi connectivity index (χ1) is 11.0. The zero-order valence-electron chi connectivity index (χ0n) is 13.4. The van der Waals surface area contributed by atoms with Gasteiger partial charge >= 0.3 is 0 Å². The lowest BCUT2D eigenvalue weighted by molar-refractivity contribution is 0.0906. The molecule has 1 atom stereocenters. The van der Waals surface area contributed by atoms with Gasteiger partial charge in [0.05, 0.1) is 22.7 Å². The van der Waals surface area contributed by atoms with Crippen molar-refractivity contribution in [1.29, 1.82) is 0 Å². The Morgan fingerprint density at radius 1 is 1.26 bits per heavy atom. The molecule has 0 saturated heterocycles. The van der Waals surface area contributed by atoms with E-state index in [2.05, 4.69) is 5.32 Å². The van der Waals surface area contributed by atoms with Crippen LogP contribution in [0.25, 0.3) is 0 Å². The number of carbonyl (C=O) groups is 2. The number of amides is 2. The highest BCUT2D eigenvalue weighted by atomic mass is 32.1. The van der Waals surface area contributed by atoms with E-state index in [9.17, 15) is 9.59 Å². The largest absolute Gasteiger partial charge is 0.383 e. The zero-order valence-corrected chi connectivity index (χ0v) is 14.2. The number of anilines is 1. The lowest BCUT2D eigenvalue weighted by Gasteiger charge is -2.21. The van der Waals surface area contributed by atoms with Crippen molar-refractivity contribution in [2.45, 2.75) is 13.0 Å². The Balaban J connectivity index is 2.23. The number of nitrogens with zero attached hydrogens (tertiary/aromatic N) is 1. The van der Waals surface area contributed by atoms with Crippen LogP contribution < -0.4 is 10.2 Å². The van der Waals surface area contributed by atoms with Crippen LogP contribution in [0.3, 0.4) is 0 Å². The van der Waals surface area contributed by atoms with Gasteiger partial charge in [0.1, 0.15) is 0 Å². The third-order valence-electron chi connectivity index (χ3n) is 3.34. The van der Waals surface area contributed by atoms with Crippen molar-refractivity contribution >= 4 is 28.8 Å². The molecule has 2 amide bonds. The fourth-order valence-corrected chi connectivity index (χ4v) is 2.92. The number of thiophene rings is 1. The molecule has 1 aromatic heterocycles. The van der Waals surface area contributed by atoms with Gasteiger partial charge < -0.3 is 15.0 Å². The van der Waals surface area contributed by atoms with E-state index in [-0.39, 0.29) is 17.9 Å². The van der Waals surface area contributed by atoms with Gasteiger partial charge in [0, 0.05) is 20.2 Å². The normalized spacial score (nSPS) is 11.8. The van der Waals surface area contributed by atoms with Crippen LogP contribution in [0.2, 0.25) is 0 Å². The van der Waals surface area contributed by atoms with E-state index >= 15 is 0 Å². The van der Waals surface area contributed by atoms with Crippen LogP contribution in [0.1, 0.15) is 27.0 Å². The molecule has 0 fully saturated rings. The van der Waals surface area contributed by atoms with Crippen molar-refractivity contribution in [2.24, 2.45) is 0 Å². The summed E-state index contributed by atoms with van der Waals surface area (Å²) in [7, 11) is 3.26. The van der Waals surface area contributed by atoms with Crippen molar-refractivity contribution in [3.63, 3.8) is 0 Å². The van der Waals surface area contributed by atoms with Crippen molar-refractivity contribution in [1.82, 2.24) is 5.32 Å². The minimum Gasteiger partial charge on any atom is -0.383 e. The predicted octanol–water partition coefficient (Wildman–Crippen LogP) is 2.79. The van der Waals surface area contributed by atoms with Crippen molar-refractivity contribution in [3.05, 3.63) is 52.2 Å². The third kappa shape index (κ3) is 4.18. The molecule has 0 aliphatic carbocycles. The molecule has 0 aliphatic rings. The highest BCUT2D eigenvalue weighted by Crippen LogP contribution is 2.22. The van der Waals surface area contributed by atoms with Crippen LogP contribution in [0, 0.1) is 0 Å². The molecule has 0 aliphatic heterocycles. The Kier molecular flexibility index (Phi) is 5.90. The molecule has 0 spiro atoms. The van der Waals surface area contributed by atoms with E-state index in [4.69, 9.17) is 4.74 Å². The molecule has 0 radical (unpaired) electrons. The molecule has 1 aromatic carbocycles. The monoisotopic (exact) mass is 332 g/mol. The second kappa shape index (κ2) is 7.89. The molecule has 0 saturated carbocycles. The Labute approximate surface area is 139 Å². The third-order valence-corrected chi connectivity index (χ3v) is 4.20. The number of carbonyl (C=O) groups excluding carboxylic acids is 2. The average Bonchev–Trinajstić information content (AvgIpc) is 3.08. The molecule has 0 bridgehead atoms. The van der Waals surface area contributed by atoms with E-state index < -0.39 is 0 Å². The number of para-hydroxylation sites is 1. The van der Waals surface area contributed by atoms with Crippen molar-refractivity contribution in [3.8, 4) is 0 Å². The fraction of sp³-hybridized carbons (Fsp3) is 0.294. The first-order valence-electron chi connectivity index (χ1n) is 7.25. The summed E-state index contributed by atoms with van der Waals surface area (Å²) in [4.78, 5) is 27.1. The van der Waals surface area contributed by atoms with Gasteiger partial charge in [0.2, 0.25) is 0 Å². The first-order valence-corrected chi connectivity index (χ1v) is 8.13. The molecule has 2 aromatic rings. The number of nitrogens with one attached hydrogen (secondary N) is 1. The number of rotatable bonds is 6. The molecule has 0 unspecified atom stereocenters. The quantitative estimate of drug-likeness (QED) is 0.885. The summed E-state index contributed by atoms with van der Waals surface area (Å²) in [6, 6.07) is 10.6. The summed E-state index contributed by atoms with van der Waals surface area (Å²) in [5.41, 5.74) is 1.04.